The largest absolute Gasteiger partial charge is 0.361 e. The Morgan fingerprint density at radius 3 is 0.649 bits per heavy atom. The van der Waals surface area contributed by atoms with E-state index in [4.69, 9.17) is 48.9 Å². The third-order valence-corrected chi connectivity index (χ3v) is 7.57. The Hall–Kier alpha value is -0.552. The third kappa shape index (κ3) is 12.9. The van der Waals surface area contributed by atoms with Gasteiger partial charge in [-0.2, -0.15) is 0 Å². The first-order valence-electron chi connectivity index (χ1n) is 13.0. The van der Waals surface area contributed by atoms with Crippen molar-refractivity contribution in [3.8, 4) is 0 Å². The Morgan fingerprint density at radius 1 is 0.432 bits per heavy atom. The van der Waals surface area contributed by atoms with Crippen molar-refractivity contribution in [3.05, 3.63) is 0 Å². The molecule has 0 spiro atoms. The Bertz CT molecular complexity index is 616. The number of hydrogen-bond donors (Lipinski definition) is 4. The minimum atomic E-state index is 0. The van der Waals surface area contributed by atoms with Crippen LogP contribution in [0.4, 0.5) is 0 Å². The molecule has 0 aromatic carbocycles. The first kappa shape index (κ1) is 36.4. The van der Waals surface area contributed by atoms with Gasteiger partial charge in [-0.3, -0.25) is 0 Å². The van der Waals surface area contributed by atoms with Gasteiger partial charge in [-0.25, -0.2) is 0 Å². The summed E-state index contributed by atoms with van der Waals surface area (Å²) in [7, 11) is 0. The summed E-state index contributed by atoms with van der Waals surface area (Å²) in [5.74, 6) is 0. The van der Waals surface area contributed by atoms with Gasteiger partial charge in [-0.05, 0) is 104 Å². The smallest absolute Gasteiger partial charge is 0.169 e. The molecule has 4 aliphatic heterocycles. The molecule has 4 aliphatic rings. The molecule has 0 unspecified atom stereocenters. The average molecular weight is 772 g/mol. The third-order valence-electron chi connectivity index (χ3n) is 6.05. The van der Waals surface area contributed by atoms with Gasteiger partial charge in [0.1, 0.15) is 0 Å². The molecule has 4 rings (SSSR count). The number of thiocarbonyl (C=S) groups is 4. The van der Waals surface area contributed by atoms with Gasteiger partial charge in [0.2, 0.25) is 0 Å². The quantitative estimate of drug-likeness (QED) is 0.318. The second-order valence-corrected chi connectivity index (χ2v) is 11.6. The zero-order chi connectivity index (χ0) is 27.4. The molecular formula is C24H48N8PtS4. The zero-order valence-electron chi connectivity index (χ0n) is 23.7. The molecule has 0 atom stereocenters. The van der Waals surface area contributed by atoms with Gasteiger partial charge in [0.15, 0.2) is 20.4 Å². The summed E-state index contributed by atoms with van der Waals surface area (Å²) in [6.45, 7) is 25.5. The Labute approximate surface area is 261 Å². The van der Waals surface area contributed by atoms with Gasteiger partial charge in [0.05, 0.1) is 0 Å². The molecule has 37 heavy (non-hydrogen) atoms. The van der Waals surface area contributed by atoms with Gasteiger partial charge in [0.25, 0.3) is 0 Å². The van der Waals surface area contributed by atoms with E-state index >= 15 is 0 Å². The maximum atomic E-state index is 5.03. The van der Waals surface area contributed by atoms with Gasteiger partial charge in [-0.15, -0.1) is 0 Å². The number of nitrogens with one attached hydrogen (secondary N) is 4. The van der Waals surface area contributed by atoms with Crippen molar-refractivity contribution in [1.82, 2.24) is 40.9 Å². The molecule has 0 aromatic heterocycles. The second-order valence-electron chi connectivity index (χ2n) is 10.1. The van der Waals surface area contributed by atoms with Gasteiger partial charge < -0.3 is 40.9 Å². The molecule has 4 saturated heterocycles. The maximum Gasteiger partial charge on any atom is 0.169 e. The van der Waals surface area contributed by atoms with E-state index in [0.717, 1.165) is 72.8 Å². The van der Waals surface area contributed by atoms with Crippen LogP contribution < -0.4 is 21.3 Å². The van der Waals surface area contributed by atoms with Crippen molar-refractivity contribution >= 4 is 69.3 Å². The summed E-state index contributed by atoms with van der Waals surface area (Å²) < 4.78 is 0. The fourth-order valence-electron chi connectivity index (χ4n) is 3.92. The zero-order valence-corrected chi connectivity index (χ0v) is 29.2. The van der Waals surface area contributed by atoms with Gasteiger partial charge in [-0.1, -0.05) is 0 Å². The SMILES string of the molecule is CC(C)N1CCNC1=S.CC(C)N1CCNC1=S.CC(C)N1CCNC1=S.CC(C)N1CCNC1=S.[Pt]. The summed E-state index contributed by atoms with van der Waals surface area (Å²) in [5, 5.41) is 16.1. The molecule has 0 amide bonds. The van der Waals surface area contributed by atoms with Crippen molar-refractivity contribution in [2.24, 2.45) is 0 Å². The summed E-state index contributed by atoms with van der Waals surface area (Å²) in [5.41, 5.74) is 0. The van der Waals surface area contributed by atoms with Crippen LogP contribution in [0.2, 0.25) is 0 Å². The van der Waals surface area contributed by atoms with E-state index in [2.05, 4.69) is 96.3 Å². The van der Waals surface area contributed by atoms with Crippen molar-refractivity contribution in [2.75, 3.05) is 52.4 Å². The van der Waals surface area contributed by atoms with Crippen LogP contribution in [0.15, 0.2) is 0 Å². The first-order valence-corrected chi connectivity index (χ1v) is 14.7. The summed E-state index contributed by atoms with van der Waals surface area (Å²) in [4.78, 5) is 8.76. The number of nitrogens with zero attached hydrogens (tertiary/aromatic N) is 4. The van der Waals surface area contributed by atoms with Crippen LogP contribution in [0.25, 0.3) is 0 Å². The molecule has 0 aliphatic carbocycles. The van der Waals surface area contributed by atoms with Crippen molar-refractivity contribution in [1.29, 1.82) is 0 Å². The van der Waals surface area contributed by atoms with E-state index < -0.39 is 0 Å². The fourth-order valence-corrected chi connectivity index (χ4v) is 5.53. The predicted molar refractivity (Wildman–Crippen MR) is 170 cm³/mol. The normalized spacial score (nSPS) is 18.5. The molecule has 13 heteroatoms. The molecule has 4 fully saturated rings. The second kappa shape index (κ2) is 18.7. The molecule has 8 nitrogen and oxygen atoms in total. The molecular weight excluding hydrogens is 724 g/mol. The summed E-state index contributed by atoms with van der Waals surface area (Å²) in [6.07, 6.45) is 0. The molecule has 218 valence electrons. The predicted octanol–water partition coefficient (Wildman–Crippen LogP) is 2.34. The average Bonchev–Trinajstić information content (AvgIpc) is 3.57. The van der Waals surface area contributed by atoms with E-state index in [1.165, 1.54) is 0 Å². The maximum absolute atomic E-state index is 5.03. The minimum absolute atomic E-state index is 0. The van der Waals surface area contributed by atoms with Crippen LogP contribution in [-0.2, 0) is 21.1 Å². The van der Waals surface area contributed by atoms with E-state index in [1.807, 2.05) is 0 Å². The van der Waals surface area contributed by atoms with E-state index in [9.17, 15) is 0 Å². The topological polar surface area (TPSA) is 61.1 Å². The molecule has 0 aromatic rings. The molecule has 4 heterocycles. The van der Waals surface area contributed by atoms with E-state index in [1.54, 1.807) is 0 Å². The number of rotatable bonds is 4. The van der Waals surface area contributed by atoms with Crippen LogP contribution >= 0.6 is 48.9 Å². The van der Waals surface area contributed by atoms with Crippen molar-refractivity contribution in [2.45, 2.75) is 79.6 Å². The molecule has 0 saturated carbocycles. The molecule has 4 N–H and O–H groups in total. The standard InChI is InChI=1S/4C6H12N2S.Pt/c4*1-5(2)8-4-3-7-6(8)9;/h4*5H,3-4H2,1-2H3,(H,7,9);. The van der Waals surface area contributed by atoms with Crippen LogP contribution in [0.3, 0.4) is 0 Å². The van der Waals surface area contributed by atoms with Crippen molar-refractivity contribution in [3.63, 3.8) is 0 Å². The summed E-state index contributed by atoms with van der Waals surface area (Å²) >= 11 is 20.1. The van der Waals surface area contributed by atoms with Crippen LogP contribution in [-0.4, -0.2) is 117 Å². The fraction of sp³-hybridized carbons (Fsp3) is 0.833. The Kier molecular flexibility index (Phi) is 18.4. The van der Waals surface area contributed by atoms with Crippen LogP contribution in [0.1, 0.15) is 55.4 Å². The number of hydrogen-bond acceptors (Lipinski definition) is 4. The van der Waals surface area contributed by atoms with Crippen LogP contribution in [0.5, 0.6) is 0 Å². The molecule has 0 radical (unpaired) electrons. The summed E-state index contributed by atoms with van der Waals surface area (Å²) in [6, 6.07) is 2.19. The van der Waals surface area contributed by atoms with Gasteiger partial charge in [0, 0.05) is 97.6 Å². The first-order chi connectivity index (χ1) is 16.9. The monoisotopic (exact) mass is 771 g/mol. The Morgan fingerprint density at radius 2 is 0.595 bits per heavy atom. The molecule has 0 bridgehead atoms. The van der Waals surface area contributed by atoms with Crippen molar-refractivity contribution < 1.29 is 21.1 Å². The van der Waals surface area contributed by atoms with E-state index in [0.29, 0.717) is 24.2 Å². The van der Waals surface area contributed by atoms with Crippen LogP contribution in [0, 0.1) is 0 Å². The Balaban J connectivity index is 0.000000463. The minimum Gasteiger partial charge on any atom is -0.361 e. The van der Waals surface area contributed by atoms with E-state index in [-0.39, 0.29) is 21.1 Å². The van der Waals surface area contributed by atoms with Gasteiger partial charge >= 0.3 is 0 Å².